The summed E-state index contributed by atoms with van der Waals surface area (Å²) in [5.74, 6) is -0.465. The molecule has 1 aromatic carbocycles. The fourth-order valence-corrected chi connectivity index (χ4v) is 4.16. The smallest absolute Gasteiger partial charge is 0.339 e. The third-order valence-corrected chi connectivity index (χ3v) is 5.61. The van der Waals surface area contributed by atoms with E-state index in [0.29, 0.717) is 22.5 Å². The number of nitrogens with one attached hydrogen (secondary N) is 1. The number of ketones is 1. The highest BCUT2D eigenvalue weighted by molar-refractivity contribution is 7.10. The number of H-pyrrole nitrogens is 1. The third kappa shape index (κ3) is 4.02. The minimum atomic E-state index is -0.426. The largest absolute Gasteiger partial charge is 0.465 e. The van der Waals surface area contributed by atoms with Crippen LogP contribution in [0.15, 0.2) is 47.8 Å². The summed E-state index contributed by atoms with van der Waals surface area (Å²) in [5, 5.41) is 4.08. The molecular weight excluding hydrogens is 360 g/mol. The van der Waals surface area contributed by atoms with Gasteiger partial charge >= 0.3 is 5.97 Å². The zero-order valence-electron chi connectivity index (χ0n) is 15.6. The zero-order chi connectivity index (χ0) is 19.4. The molecule has 2 aromatic heterocycles. The van der Waals surface area contributed by atoms with Crippen molar-refractivity contribution in [1.29, 1.82) is 0 Å². The molecule has 3 N–H and O–H groups in total. The Morgan fingerprint density at radius 2 is 1.89 bits per heavy atom. The number of thiophene rings is 1. The van der Waals surface area contributed by atoms with E-state index in [2.05, 4.69) is 23.2 Å². The molecule has 0 aliphatic rings. The number of carbonyl (C=O) groups is 2. The SMILES string of the molecule is COC(=O)c1c(C)[nH]c(C(=O)C[NH2+][C@@H](c2ccccc2)c2cccs2)c1C. The van der Waals surface area contributed by atoms with Gasteiger partial charge in [0.15, 0.2) is 0 Å². The van der Waals surface area contributed by atoms with Crippen molar-refractivity contribution in [3.8, 4) is 0 Å². The molecule has 0 saturated carbocycles. The van der Waals surface area contributed by atoms with E-state index in [1.54, 1.807) is 25.2 Å². The molecule has 0 radical (unpaired) electrons. The summed E-state index contributed by atoms with van der Waals surface area (Å²) in [4.78, 5) is 29.0. The van der Waals surface area contributed by atoms with Crippen molar-refractivity contribution in [2.45, 2.75) is 19.9 Å². The summed E-state index contributed by atoms with van der Waals surface area (Å²) in [5.41, 5.74) is 3.37. The van der Waals surface area contributed by atoms with Crippen molar-refractivity contribution in [2.24, 2.45) is 0 Å². The van der Waals surface area contributed by atoms with Gasteiger partial charge in [0.05, 0.1) is 23.2 Å². The summed E-state index contributed by atoms with van der Waals surface area (Å²) in [6, 6.07) is 14.3. The summed E-state index contributed by atoms with van der Waals surface area (Å²) in [6.45, 7) is 3.83. The van der Waals surface area contributed by atoms with Crippen molar-refractivity contribution < 1.29 is 19.6 Å². The van der Waals surface area contributed by atoms with E-state index in [4.69, 9.17) is 4.74 Å². The molecule has 0 aliphatic heterocycles. The van der Waals surface area contributed by atoms with Gasteiger partial charge in [0.1, 0.15) is 12.6 Å². The predicted octanol–water partition coefficient (Wildman–Crippen LogP) is 3.02. The second kappa shape index (κ2) is 8.33. The average Bonchev–Trinajstić information content (AvgIpc) is 3.30. The molecule has 3 aromatic rings. The molecule has 0 amide bonds. The molecule has 27 heavy (non-hydrogen) atoms. The van der Waals surface area contributed by atoms with Crippen molar-refractivity contribution >= 4 is 23.1 Å². The Balaban J connectivity index is 1.80. The Labute approximate surface area is 162 Å². The fraction of sp³-hybridized carbons (Fsp3) is 0.238. The monoisotopic (exact) mass is 383 g/mol. The van der Waals surface area contributed by atoms with Gasteiger partial charge < -0.3 is 15.0 Å². The van der Waals surface area contributed by atoms with Crippen LogP contribution < -0.4 is 5.32 Å². The lowest BCUT2D eigenvalue weighted by atomic mass is 10.0. The lowest BCUT2D eigenvalue weighted by molar-refractivity contribution is -0.675. The van der Waals surface area contributed by atoms with Gasteiger partial charge in [0.2, 0.25) is 5.78 Å². The highest BCUT2D eigenvalue weighted by atomic mass is 32.1. The molecule has 0 fully saturated rings. The number of methoxy groups -OCH3 is 1. The van der Waals surface area contributed by atoms with E-state index >= 15 is 0 Å². The summed E-state index contributed by atoms with van der Waals surface area (Å²) >= 11 is 1.68. The number of ether oxygens (including phenoxy) is 1. The minimum Gasteiger partial charge on any atom is -0.465 e. The number of rotatable bonds is 7. The first kappa shape index (κ1) is 19.1. The normalized spacial score (nSPS) is 12.0. The molecule has 140 valence electrons. The van der Waals surface area contributed by atoms with Gasteiger partial charge in [-0.2, -0.15) is 0 Å². The average molecular weight is 383 g/mol. The van der Waals surface area contributed by atoms with Gasteiger partial charge in [-0.05, 0) is 30.9 Å². The van der Waals surface area contributed by atoms with Crippen LogP contribution in [0.3, 0.4) is 0 Å². The first-order valence-electron chi connectivity index (χ1n) is 8.75. The number of aromatic nitrogens is 1. The number of hydrogen-bond acceptors (Lipinski definition) is 4. The van der Waals surface area contributed by atoms with Crippen LogP contribution >= 0.6 is 11.3 Å². The van der Waals surface area contributed by atoms with Gasteiger partial charge in [-0.15, -0.1) is 11.3 Å². The van der Waals surface area contributed by atoms with Gasteiger partial charge in [-0.1, -0.05) is 36.4 Å². The van der Waals surface area contributed by atoms with Crippen LogP contribution in [-0.4, -0.2) is 30.4 Å². The number of aryl methyl sites for hydroxylation is 1. The third-order valence-electron chi connectivity index (χ3n) is 4.65. The predicted molar refractivity (Wildman–Crippen MR) is 105 cm³/mol. The number of quaternary nitrogens is 1. The molecule has 0 unspecified atom stereocenters. The van der Waals surface area contributed by atoms with Crippen LogP contribution in [0.1, 0.15) is 48.6 Å². The van der Waals surface area contributed by atoms with Crippen LogP contribution in [0.25, 0.3) is 0 Å². The molecule has 0 bridgehead atoms. The maximum atomic E-state index is 12.8. The van der Waals surface area contributed by atoms with Crippen LogP contribution in [0.4, 0.5) is 0 Å². The van der Waals surface area contributed by atoms with Crippen LogP contribution in [0, 0.1) is 13.8 Å². The topological polar surface area (TPSA) is 75.8 Å². The van der Waals surface area contributed by atoms with Crippen LogP contribution in [0.5, 0.6) is 0 Å². The van der Waals surface area contributed by atoms with E-state index in [-0.39, 0.29) is 18.4 Å². The Bertz CT molecular complexity index is 930. The molecule has 2 heterocycles. The lowest BCUT2D eigenvalue weighted by Crippen LogP contribution is -2.87. The molecular formula is C21H23N2O3S+. The second-order valence-electron chi connectivity index (χ2n) is 6.38. The van der Waals surface area contributed by atoms with Crippen molar-refractivity contribution in [3.05, 3.63) is 80.8 Å². The number of carbonyl (C=O) groups excluding carboxylic acids is 2. The van der Waals surface area contributed by atoms with Gasteiger partial charge in [0, 0.05) is 11.3 Å². The van der Waals surface area contributed by atoms with Gasteiger partial charge in [-0.25, -0.2) is 4.79 Å². The van der Waals surface area contributed by atoms with E-state index in [0.717, 1.165) is 5.56 Å². The molecule has 0 aliphatic carbocycles. The molecule has 3 rings (SSSR count). The minimum absolute atomic E-state index is 0.0387. The first-order chi connectivity index (χ1) is 13.0. The quantitative estimate of drug-likeness (QED) is 0.486. The summed E-state index contributed by atoms with van der Waals surface area (Å²) in [6.07, 6.45) is 0. The van der Waals surface area contributed by atoms with E-state index < -0.39 is 5.97 Å². The summed E-state index contributed by atoms with van der Waals surface area (Å²) < 4.78 is 4.82. The standard InChI is InChI=1S/C21H22N2O3S/c1-13-18(21(25)26-3)14(2)23-19(13)16(24)12-22-20(17-10-7-11-27-17)15-8-5-4-6-9-15/h4-11,20,22-23H,12H2,1-3H3/p+1/t20-/m0/s1. The molecule has 0 spiro atoms. The second-order valence-corrected chi connectivity index (χ2v) is 7.36. The number of esters is 1. The van der Waals surface area contributed by atoms with Crippen molar-refractivity contribution in [3.63, 3.8) is 0 Å². The number of hydrogen-bond donors (Lipinski definition) is 2. The number of nitrogens with two attached hydrogens (primary N) is 1. The zero-order valence-corrected chi connectivity index (χ0v) is 16.4. The number of benzene rings is 1. The highest BCUT2D eigenvalue weighted by Crippen LogP contribution is 2.23. The Morgan fingerprint density at radius 1 is 1.15 bits per heavy atom. The van der Waals surface area contributed by atoms with E-state index in [1.807, 2.05) is 35.0 Å². The number of aromatic amines is 1. The van der Waals surface area contributed by atoms with E-state index in [9.17, 15) is 9.59 Å². The van der Waals surface area contributed by atoms with Gasteiger partial charge in [0.25, 0.3) is 0 Å². The Kier molecular flexibility index (Phi) is 5.88. The molecule has 1 atom stereocenters. The van der Waals surface area contributed by atoms with Crippen LogP contribution in [-0.2, 0) is 4.74 Å². The Morgan fingerprint density at radius 3 is 2.52 bits per heavy atom. The first-order valence-corrected chi connectivity index (χ1v) is 9.63. The fourth-order valence-electron chi connectivity index (χ4n) is 3.31. The lowest BCUT2D eigenvalue weighted by Gasteiger charge is -2.14. The molecule has 6 heteroatoms. The van der Waals surface area contributed by atoms with Crippen molar-refractivity contribution in [1.82, 2.24) is 4.98 Å². The van der Waals surface area contributed by atoms with Crippen molar-refractivity contribution in [2.75, 3.05) is 13.7 Å². The maximum absolute atomic E-state index is 12.8. The Hall–Kier alpha value is -2.70. The maximum Gasteiger partial charge on any atom is 0.339 e. The summed E-state index contributed by atoms with van der Waals surface area (Å²) in [7, 11) is 1.34. The van der Waals surface area contributed by atoms with E-state index in [1.165, 1.54) is 12.0 Å². The van der Waals surface area contributed by atoms with Crippen LogP contribution in [0.2, 0.25) is 0 Å². The van der Waals surface area contributed by atoms with Gasteiger partial charge in [-0.3, -0.25) is 4.79 Å². The highest BCUT2D eigenvalue weighted by Gasteiger charge is 2.25. The molecule has 0 saturated heterocycles. The molecule has 5 nitrogen and oxygen atoms in total. The number of Topliss-reactive ketones (excluding diaryl/α,β-unsaturated/α-hetero) is 1.